The second kappa shape index (κ2) is 5.14. The summed E-state index contributed by atoms with van der Waals surface area (Å²) in [5, 5.41) is 7.71. The van der Waals surface area contributed by atoms with Gasteiger partial charge in [0.25, 0.3) is 5.91 Å². The molecule has 1 amide bonds. The Morgan fingerprint density at radius 3 is 3.00 bits per heavy atom. The van der Waals surface area contributed by atoms with E-state index in [1.165, 1.54) is 0 Å². The minimum atomic E-state index is -0.113. The van der Waals surface area contributed by atoms with Crippen LogP contribution >= 0.6 is 15.9 Å². The fourth-order valence-corrected chi connectivity index (χ4v) is 1.18. The zero-order valence-corrected chi connectivity index (χ0v) is 9.91. The first-order valence-electron chi connectivity index (χ1n) is 4.47. The van der Waals surface area contributed by atoms with Crippen molar-refractivity contribution in [1.82, 2.24) is 15.1 Å². The van der Waals surface area contributed by atoms with Crippen molar-refractivity contribution in [3.8, 4) is 0 Å². The lowest BCUT2D eigenvalue weighted by Gasteiger charge is -2.07. The molecule has 4 nitrogen and oxygen atoms in total. The van der Waals surface area contributed by atoms with E-state index in [4.69, 9.17) is 0 Å². The molecule has 0 saturated carbocycles. The molecule has 1 heterocycles. The highest BCUT2D eigenvalue weighted by molar-refractivity contribution is 9.09. The van der Waals surface area contributed by atoms with Crippen molar-refractivity contribution in [3.63, 3.8) is 0 Å². The first-order valence-corrected chi connectivity index (χ1v) is 5.59. The Morgan fingerprint density at radius 1 is 1.79 bits per heavy atom. The van der Waals surface area contributed by atoms with Crippen LogP contribution in [0.4, 0.5) is 0 Å². The van der Waals surface area contributed by atoms with Gasteiger partial charge in [-0.05, 0) is 12.0 Å². The van der Waals surface area contributed by atoms with Crippen LogP contribution in [0, 0.1) is 5.92 Å². The molecule has 5 heteroatoms. The van der Waals surface area contributed by atoms with Crippen molar-refractivity contribution in [2.24, 2.45) is 13.0 Å². The first kappa shape index (κ1) is 11.2. The maximum absolute atomic E-state index is 11.5. The third-order valence-electron chi connectivity index (χ3n) is 1.82. The lowest BCUT2D eigenvalue weighted by Crippen LogP contribution is -2.29. The van der Waals surface area contributed by atoms with Crippen molar-refractivity contribution in [2.75, 3.05) is 11.9 Å². The van der Waals surface area contributed by atoms with Crippen molar-refractivity contribution in [2.45, 2.75) is 6.92 Å². The highest BCUT2D eigenvalue weighted by Crippen LogP contribution is 1.99. The molecule has 1 rings (SSSR count). The fraction of sp³-hybridized carbons (Fsp3) is 0.556. The molecule has 1 unspecified atom stereocenters. The summed E-state index contributed by atoms with van der Waals surface area (Å²) in [6, 6.07) is 1.70. The van der Waals surface area contributed by atoms with Crippen molar-refractivity contribution in [1.29, 1.82) is 0 Å². The lowest BCUT2D eigenvalue weighted by molar-refractivity contribution is 0.0943. The van der Waals surface area contributed by atoms with Gasteiger partial charge in [0, 0.05) is 25.1 Å². The summed E-state index contributed by atoms with van der Waals surface area (Å²) >= 11 is 3.35. The largest absolute Gasteiger partial charge is 0.350 e. The zero-order valence-electron chi connectivity index (χ0n) is 8.33. The Labute approximate surface area is 91.8 Å². The maximum Gasteiger partial charge on any atom is 0.271 e. The summed E-state index contributed by atoms with van der Waals surface area (Å²) in [6.45, 7) is 2.73. The van der Waals surface area contributed by atoms with Crippen molar-refractivity contribution >= 4 is 21.8 Å². The van der Waals surface area contributed by atoms with Gasteiger partial charge in [0.1, 0.15) is 5.69 Å². The summed E-state index contributed by atoms with van der Waals surface area (Å²) < 4.78 is 1.61. The normalized spacial score (nSPS) is 12.5. The average molecular weight is 260 g/mol. The number of hydrogen-bond acceptors (Lipinski definition) is 2. The van der Waals surface area contributed by atoms with E-state index in [1.807, 2.05) is 0 Å². The number of aryl methyl sites for hydroxylation is 1. The van der Waals surface area contributed by atoms with Gasteiger partial charge in [-0.1, -0.05) is 22.9 Å². The van der Waals surface area contributed by atoms with Crippen LogP contribution in [0.2, 0.25) is 0 Å². The molecule has 1 aromatic rings. The molecule has 0 aliphatic heterocycles. The van der Waals surface area contributed by atoms with Crippen LogP contribution in [0.25, 0.3) is 0 Å². The molecule has 1 atom stereocenters. The van der Waals surface area contributed by atoms with E-state index in [2.05, 4.69) is 33.3 Å². The number of alkyl halides is 1. The van der Waals surface area contributed by atoms with Crippen LogP contribution < -0.4 is 5.32 Å². The highest BCUT2D eigenvalue weighted by atomic mass is 79.9. The minimum absolute atomic E-state index is 0.113. The highest BCUT2D eigenvalue weighted by Gasteiger charge is 2.09. The maximum atomic E-state index is 11.5. The molecule has 0 radical (unpaired) electrons. The molecule has 78 valence electrons. The van der Waals surface area contributed by atoms with Crippen LogP contribution in [0.5, 0.6) is 0 Å². The molecule has 1 N–H and O–H groups in total. The Bertz CT molecular complexity index is 311. The van der Waals surface area contributed by atoms with Crippen LogP contribution in [-0.2, 0) is 7.05 Å². The van der Waals surface area contributed by atoms with E-state index in [-0.39, 0.29) is 5.91 Å². The summed E-state index contributed by atoms with van der Waals surface area (Å²) in [5.41, 5.74) is 0.467. The average Bonchev–Trinajstić information content (AvgIpc) is 2.60. The molecule has 0 aliphatic carbocycles. The molecule has 0 saturated heterocycles. The number of rotatable bonds is 4. The predicted molar refractivity (Wildman–Crippen MR) is 58.5 cm³/mol. The third kappa shape index (κ3) is 3.14. The molecule has 0 fully saturated rings. The molecule has 0 aromatic carbocycles. The smallest absolute Gasteiger partial charge is 0.271 e. The van der Waals surface area contributed by atoms with E-state index in [9.17, 15) is 4.79 Å². The monoisotopic (exact) mass is 259 g/mol. The van der Waals surface area contributed by atoms with Crippen LogP contribution in [0.1, 0.15) is 17.4 Å². The van der Waals surface area contributed by atoms with Crippen LogP contribution in [-0.4, -0.2) is 27.6 Å². The number of aromatic nitrogens is 2. The van der Waals surface area contributed by atoms with Gasteiger partial charge in [-0.3, -0.25) is 9.48 Å². The van der Waals surface area contributed by atoms with Crippen LogP contribution in [0.3, 0.4) is 0 Å². The Balaban J connectivity index is 2.43. The summed E-state index contributed by atoms with van der Waals surface area (Å²) in [6.07, 6.45) is 1.75. The zero-order chi connectivity index (χ0) is 10.6. The van der Waals surface area contributed by atoms with E-state index in [0.717, 1.165) is 5.33 Å². The van der Waals surface area contributed by atoms with E-state index < -0.39 is 0 Å². The first-order chi connectivity index (χ1) is 6.63. The number of carbonyl (C=O) groups excluding carboxylic acids is 1. The van der Waals surface area contributed by atoms with Gasteiger partial charge in [0.2, 0.25) is 0 Å². The molecular formula is C9H14BrN3O. The van der Waals surface area contributed by atoms with E-state index in [0.29, 0.717) is 18.2 Å². The topological polar surface area (TPSA) is 46.9 Å². The standard InChI is InChI=1S/C9H14BrN3O/c1-7(5-10)6-11-9(14)8-3-4-13(2)12-8/h3-4,7H,5-6H2,1-2H3,(H,11,14). The lowest BCUT2D eigenvalue weighted by atomic mass is 10.2. The SMILES string of the molecule is CC(CBr)CNC(=O)c1ccn(C)n1. The number of halogens is 1. The number of nitrogens with zero attached hydrogens (tertiary/aromatic N) is 2. The second-order valence-electron chi connectivity index (χ2n) is 3.34. The van der Waals surface area contributed by atoms with Gasteiger partial charge in [-0.15, -0.1) is 0 Å². The quantitative estimate of drug-likeness (QED) is 0.826. The van der Waals surface area contributed by atoms with E-state index >= 15 is 0 Å². The molecular weight excluding hydrogens is 246 g/mol. The predicted octanol–water partition coefficient (Wildman–Crippen LogP) is 1.18. The number of amides is 1. The Morgan fingerprint density at radius 2 is 2.50 bits per heavy atom. The number of hydrogen-bond donors (Lipinski definition) is 1. The molecule has 0 spiro atoms. The number of carbonyl (C=O) groups is 1. The van der Waals surface area contributed by atoms with Gasteiger partial charge in [0.15, 0.2) is 0 Å². The molecule has 0 aliphatic rings. The minimum Gasteiger partial charge on any atom is -0.350 e. The van der Waals surface area contributed by atoms with Gasteiger partial charge >= 0.3 is 0 Å². The Kier molecular flexibility index (Phi) is 4.13. The van der Waals surface area contributed by atoms with Gasteiger partial charge < -0.3 is 5.32 Å². The summed E-state index contributed by atoms with van der Waals surface area (Å²) in [5.74, 6) is 0.320. The van der Waals surface area contributed by atoms with E-state index in [1.54, 1.807) is 24.0 Å². The van der Waals surface area contributed by atoms with Crippen molar-refractivity contribution < 1.29 is 4.79 Å². The molecule has 1 aromatic heterocycles. The van der Waals surface area contributed by atoms with Crippen molar-refractivity contribution in [3.05, 3.63) is 18.0 Å². The summed E-state index contributed by atoms with van der Waals surface area (Å²) in [4.78, 5) is 11.5. The van der Waals surface area contributed by atoms with Gasteiger partial charge in [0.05, 0.1) is 0 Å². The third-order valence-corrected chi connectivity index (χ3v) is 2.93. The van der Waals surface area contributed by atoms with Gasteiger partial charge in [-0.25, -0.2) is 0 Å². The second-order valence-corrected chi connectivity index (χ2v) is 3.99. The number of nitrogens with one attached hydrogen (secondary N) is 1. The fourth-order valence-electron chi connectivity index (χ4n) is 0.948. The molecule has 0 bridgehead atoms. The van der Waals surface area contributed by atoms with Crippen LogP contribution in [0.15, 0.2) is 12.3 Å². The Hall–Kier alpha value is -0.840. The van der Waals surface area contributed by atoms with Gasteiger partial charge in [-0.2, -0.15) is 5.10 Å². The molecule has 14 heavy (non-hydrogen) atoms. The summed E-state index contributed by atoms with van der Waals surface area (Å²) in [7, 11) is 1.79.